The van der Waals surface area contributed by atoms with Crippen molar-refractivity contribution in [1.29, 1.82) is 0 Å². The van der Waals surface area contributed by atoms with Crippen molar-refractivity contribution in [2.24, 2.45) is 0 Å². The maximum atomic E-state index is 11.6. The van der Waals surface area contributed by atoms with Crippen LogP contribution in [0.15, 0.2) is 90.1 Å². The first-order chi connectivity index (χ1) is 17.3. The highest BCUT2D eigenvalue weighted by atomic mass is 16.5. The number of rotatable bonds is 9. The van der Waals surface area contributed by atoms with Crippen LogP contribution in [0.4, 0.5) is 0 Å². The fourth-order valence-corrected chi connectivity index (χ4v) is 2.86. The fraction of sp³-hybridized carbons (Fsp3) is 0.276. The zero-order valence-corrected chi connectivity index (χ0v) is 21.0. The van der Waals surface area contributed by atoms with E-state index in [9.17, 15) is 14.4 Å². The van der Waals surface area contributed by atoms with Crippen LogP contribution in [0.5, 0.6) is 0 Å². The third-order valence-electron chi connectivity index (χ3n) is 4.69. The normalized spacial score (nSPS) is 10.4. The smallest absolute Gasteiger partial charge is 0.342 e. The lowest BCUT2D eigenvalue weighted by Crippen LogP contribution is -2.10. The van der Waals surface area contributed by atoms with E-state index >= 15 is 0 Å². The quantitative estimate of drug-likeness (QED) is 0.267. The van der Waals surface area contributed by atoms with Crippen molar-refractivity contribution in [3.8, 4) is 11.3 Å². The first-order valence-electron chi connectivity index (χ1n) is 11.7. The van der Waals surface area contributed by atoms with E-state index in [1.165, 1.54) is 11.8 Å². The summed E-state index contributed by atoms with van der Waals surface area (Å²) in [6.45, 7) is 9.61. The van der Waals surface area contributed by atoms with Gasteiger partial charge in [0.15, 0.2) is 0 Å². The van der Waals surface area contributed by atoms with Crippen molar-refractivity contribution < 1.29 is 33.4 Å². The summed E-state index contributed by atoms with van der Waals surface area (Å²) in [7, 11) is 0. The molecule has 0 spiro atoms. The summed E-state index contributed by atoms with van der Waals surface area (Å²) in [5.41, 5.74) is 2.55. The predicted molar refractivity (Wildman–Crippen MR) is 139 cm³/mol. The average Bonchev–Trinajstić information content (AvgIpc) is 3.40. The molecular formula is C29H34O7. The number of carboxylic acid groups (broad SMARTS) is 1. The first-order valence-corrected chi connectivity index (χ1v) is 11.7. The van der Waals surface area contributed by atoms with E-state index < -0.39 is 5.97 Å². The van der Waals surface area contributed by atoms with Crippen LogP contribution in [0.25, 0.3) is 11.3 Å². The van der Waals surface area contributed by atoms with Crippen LogP contribution in [0.2, 0.25) is 0 Å². The van der Waals surface area contributed by atoms with Gasteiger partial charge in [-0.05, 0) is 25.0 Å². The maximum Gasteiger partial charge on any atom is 0.342 e. The number of esters is 2. The highest BCUT2D eigenvalue weighted by molar-refractivity contribution is 5.95. The van der Waals surface area contributed by atoms with Crippen molar-refractivity contribution in [1.82, 2.24) is 0 Å². The van der Waals surface area contributed by atoms with Crippen LogP contribution in [0.1, 0.15) is 55.5 Å². The van der Waals surface area contributed by atoms with E-state index in [2.05, 4.69) is 25.6 Å². The zero-order chi connectivity index (χ0) is 26.8. The molecule has 0 radical (unpaired) electrons. The molecule has 7 heteroatoms. The Labute approximate surface area is 212 Å². The number of carboxylic acids is 1. The van der Waals surface area contributed by atoms with Crippen molar-refractivity contribution >= 4 is 17.9 Å². The van der Waals surface area contributed by atoms with Gasteiger partial charge in [-0.25, -0.2) is 9.59 Å². The van der Waals surface area contributed by atoms with Crippen molar-refractivity contribution in [2.75, 3.05) is 13.2 Å². The third-order valence-corrected chi connectivity index (χ3v) is 4.69. The van der Waals surface area contributed by atoms with Crippen molar-refractivity contribution in [3.05, 3.63) is 96.8 Å². The van der Waals surface area contributed by atoms with Gasteiger partial charge in [0, 0.05) is 24.0 Å². The van der Waals surface area contributed by atoms with Crippen LogP contribution >= 0.6 is 0 Å². The Kier molecular flexibility index (Phi) is 14.4. The summed E-state index contributed by atoms with van der Waals surface area (Å²) in [5, 5.41) is 7.60. The van der Waals surface area contributed by atoms with Gasteiger partial charge in [0.05, 0.1) is 19.5 Å². The van der Waals surface area contributed by atoms with Gasteiger partial charge in [0.25, 0.3) is 0 Å². The van der Waals surface area contributed by atoms with E-state index in [-0.39, 0.29) is 17.9 Å². The Balaban J connectivity index is 0.000000305. The summed E-state index contributed by atoms with van der Waals surface area (Å²) >= 11 is 0. The Morgan fingerprint density at radius 1 is 0.972 bits per heavy atom. The summed E-state index contributed by atoms with van der Waals surface area (Å²) < 4.78 is 15.4. The fourth-order valence-electron chi connectivity index (χ4n) is 2.86. The Bertz CT molecular complexity index is 1060. The van der Waals surface area contributed by atoms with Crippen molar-refractivity contribution in [2.45, 2.75) is 39.5 Å². The molecule has 1 heterocycles. The molecule has 0 saturated heterocycles. The molecule has 2 aromatic carbocycles. The molecule has 1 aromatic heterocycles. The number of carbonyl (C=O) groups is 3. The highest BCUT2D eigenvalue weighted by Crippen LogP contribution is 2.25. The average molecular weight is 495 g/mol. The molecule has 192 valence electrons. The number of aliphatic carboxylic acids is 1. The molecule has 3 aromatic rings. The van der Waals surface area contributed by atoms with E-state index in [0.717, 1.165) is 18.1 Å². The molecule has 1 N–H and O–H groups in total. The lowest BCUT2D eigenvalue weighted by Gasteiger charge is -2.11. The highest BCUT2D eigenvalue weighted by Gasteiger charge is 2.16. The van der Waals surface area contributed by atoms with Gasteiger partial charge in [-0.2, -0.15) is 0 Å². The molecule has 0 fully saturated rings. The van der Waals surface area contributed by atoms with Gasteiger partial charge in [-0.3, -0.25) is 4.79 Å². The third kappa shape index (κ3) is 11.3. The second-order valence-corrected chi connectivity index (χ2v) is 7.54. The summed E-state index contributed by atoms with van der Waals surface area (Å²) in [6, 6.07) is 21.2. The molecule has 1 unspecified atom stereocenters. The lowest BCUT2D eigenvalue weighted by molar-refractivity contribution is -0.144. The zero-order valence-electron chi connectivity index (χ0n) is 21.0. The monoisotopic (exact) mass is 494 g/mol. The van der Waals surface area contributed by atoms with Crippen LogP contribution in [-0.4, -0.2) is 36.2 Å². The number of hydrogen-bond donors (Lipinski definition) is 1. The van der Waals surface area contributed by atoms with Crippen LogP contribution in [0.3, 0.4) is 0 Å². The summed E-state index contributed by atoms with van der Waals surface area (Å²) in [6.07, 6.45) is 3.69. The Morgan fingerprint density at radius 3 is 2.08 bits per heavy atom. The molecule has 36 heavy (non-hydrogen) atoms. The van der Waals surface area contributed by atoms with Crippen LogP contribution in [0, 0.1) is 0 Å². The number of ether oxygens (including phenoxy) is 2. The molecule has 0 bridgehead atoms. The van der Waals surface area contributed by atoms with Gasteiger partial charge in [-0.1, -0.05) is 81.1 Å². The SMILES string of the molecule is C=CC(=O)O.CCCC(=O)OCC(C)c1ccccc1.CCOC(=O)c1ccoc1-c1ccccc1. The molecule has 7 nitrogen and oxygen atoms in total. The second kappa shape index (κ2) is 17.3. The van der Waals surface area contributed by atoms with E-state index in [1.54, 1.807) is 13.0 Å². The molecule has 0 aliphatic carbocycles. The van der Waals surface area contributed by atoms with Crippen LogP contribution < -0.4 is 0 Å². The minimum Gasteiger partial charge on any atom is -0.478 e. The largest absolute Gasteiger partial charge is 0.478 e. The van der Waals surface area contributed by atoms with Gasteiger partial charge < -0.3 is 19.0 Å². The van der Waals surface area contributed by atoms with E-state index in [0.29, 0.717) is 31.0 Å². The predicted octanol–water partition coefficient (Wildman–Crippen LogP) is 6.51. The van der Waals surface area contributed by atoms with Gasteiger partial charge >= 0.3 is 17.9 Å². The molecular weight excluding hydrogens is 460 g/mol. The maximum absolute atomic E-state index is 11.6. The molecule has 3 rings (SSSR count). The molecule has 0 aliphatic rings. The van der Waals surface area contributed by atoms with Crippen molar-refractivity contribution in [3.63, 3.8) is 0 Å². The minimum absolute atomic E-state index is 0.0970. The van der Waals surface area contributed by atoms with Crippen LogP contribution in [-0.2, 0) is 19.1 Å². The summed E-state index contributed by atoms with van der Waals surface area (Å²) in [5.74, 6) is -0.605. The van der Waals surface area contributed by atoms with Gasteiger partial charge in [-0.15, -0.1) is 0 Å². The first kappa shape index (κ1) is 29.9. The Morgan fingerprint density at radius 2 is 1.56 bits per heavy atom. The second-order valence-electron chi connectivity index (χ2n) is 7.54. The number of furan rings is 1. The Hall–Kier alpha value is -4.13. The summed E-state index contributed by atoms with van der Waals surface area (Å²) in [4.78, 5) is 32.0. The van der Waals surface area contributed by atoms with Gasteiger partial charge in [0.2, 0.25) is 0 Å². The van der Waals surface area contributed by atoms with Gasteiger partial charge in [0.1, 0.15) is 11.3 Å². The minimum atomic E-state index is -0.981. The molecule has 1 atom stereocenters. The lowest BCUT2D eigenvalue weighted by atomic mass is 10.0. The van der Waals surface area contributed by atoms with E-state index in [4.69, 9.17) is 19.0 Å². The molecule has 0 saturated carbocycles. The number of hydrogen-bond acceptors (Lipinski definition) is 6. The topological polar surface area (TPSA) is 103 Å². The van der Waals surface area contributed by atoms with E-state index in [1.807, 2.05) is 55.5 Å². The molecule has 0 aliphatic heterocycles. The number of benzene rings is 2. The molecule has 0 amide bonds. The standard InChI is InChI=1S/C13H12O3.C13H18O2.C3H4O2/c1-2-15-13(14)11-8-9-16-12(11)10-6-4-3-5-7-10;1-3-7-13(14)15-10-11(2)12-8-5-4-6-9-12;1-2-3(4)5/h3-9H,2H2,1H3;4-6,8-9,11H,3,7,10H2,1-2H3;2H,1H2,(H,4,5). The number of carbonyl (C=O) groups excluding carboxylic acids is 2.